The number of pyridine rings is 1. The summed E-state index contributed by atoms with van der Waals surface area (Å²) in [5, 5.41) is 9.03. The van der Waals surface area contributed by atoms with Gasteiger partial charge in [0.05, 0.1) is 6.42 Å². The van der Waals surface area contributed by atoms with E-state index in [0.717, 1.165) is 31.5 Å². The molecule has 92 valence electrons. The Morgan fingerprint density at radius 1 is 1.41 bits per heavy atom. The summed E-state index contributed by atoms with van der Waals surface area (Å²) in [4.78, 5) is 17.3. The van der Waals surface area contributed by atoms with E-state index in [0.29, 0.717) is 0 Å². The second-order valence-electron chi connectivity index (χ2n) is 4.50. The second kappa shape index (κ2) is 5.77. The van der Waals surface area contributed by atoms with Gasteiger partial charge in [-0.25, -0.2) is 0 Å². The number of likely N-dealkylation sites (tertiary alicyclic amines) is 1. The monoisotopic (exact) mass is 234 g/mol. The van der Waals surface area contributed by atoms with Crippen LogP contribution in [0.4, 0.5) is 0 Å². The van der Waals surface area contributed by atoms with Crippen LogP contribution in [0.1, 0.15) is 37.3 Å². The van der Waals surface area contributed by atoms with Crippen LogP contribution in [0.3, 0.4) is 0 Å². The molecule has 0 aliphatic carbocycles. The summed E-state index contributed by atoms with van der Waals surface area (Å²) in [6, 6.07) is 3.81. The third kappa shape index (κ3) is 3.27. The minimum absolute atomic E-state index is 0.0264. The van der Waals surface area contributed by atoms with Gasteiger partial charge in [0.15, 0.2) is 0 Å². The van der Waals surface area contributed by atoms with Crippen molar-refractivity contribution in [1.29, 1.82) is 0 Å². The first kappa shape index (κ1) is 12.0. The van der Waals surface area contributed by atoms with Crippen LogP contribution in [0, 0.1) is 0 Å². The zero-order valence-corrected chi connectivity index (χ0v) is 9.88. The molecule has 1 fully saturated rings. The molecule has 17 heavy (non-hydrogen) atoms. The Hall–Kier alpha value is -1.42. The first-order valence-electron chi connectivity index (χ1n) is 6.13. The summed E-state index contributed by atoms with van der Waals surface area (Å²) >= 11 is 0. The van der Waals surface area contributed by atoms with Crippen LogP contribution < -0.4 is 0 Å². The van der Waals surface area contributed by atoms with Gasteiger partial charge in [0.1, 0.15) is 0 Å². The predicted octanol–water partition coefficient (Wildman–Crippen LogP) is 2.08. The molecule has 0 spiro atoms. The normalized spacial score (nSPS) is 18.8. The Morgan fingerprint density at radius 2 is 2.18 bits per heavy atom. The number of rotatable bonds is 4. The van der Waals surface area contributed by atoms with Crippen molar-refractivity contribution in [1.82, 2.24) is 9.88 Å². The predicted molar refractivity (Wildman–Crippen MR) is 64.7 cm³/mol. The largest absolute Gasteiger partial charge is 0.481 e. The van der Waals surface area contributed by atoms with Crippen LogP contribution in [0.25, 0.3) is 0 Å². The third-order valence-corrected chi connectivity index (χ3v) is 3.27. The molecule has 0 amide bonds. The maximum Gasteiger partial charge on any atom is 0.305 e. The van der Waals surface area contributed by atoms with Gasteiger partial charge in [-0.3, -0.25) is 14.7 Å². The number of carbonyl (C=O) groups is 1. The zero-order chi connectivity index (χ0) is 12.1. The number of piperidine rings is 1. The fourth-order valence-corrected chi connectivity index (χ4v) is 2.43. The van der Waals surface area contributed by atoms with Crippen molar-refractivity contribution in [3.63, 3.8) is 0 Å². The number of nitrogens with zero attached hydrogens (tertiary/aromatic N) is 2. The van der Waals surface area contributed by atoms with Gasteiger partial charge in [-0.05, 0) is 37.6 Å². The van der Waals surface area contributed by atoms with E-state index in [1.165, 1.54) is 6.42 Å². The molecule has 0 radical (unpaired) electrons. The molecule has 1 atom stereocenters. The number of aromatic nitrogens is 1. The molecular formula is C13H18N2O2. The Morgan fingerprint density at radius 3 is 2.76 bits per heavy atom. The first-order chi connectivity index (χ1) is 8.27. The fourth-order valence-electron chi connectivity index (χ4n) is 2.43. The number of carboxylic acids is 1. The average molecular weight is 234 g/mol. The molecule has 1 aromatic rings. The average Bonchev–Trinajstić information content (AvgIpc) is 2.38. The molecule has 0 bridgehead atoms. The van der Waals surface area contributed by atoms with Crippen molar-refractivity contribution in [3.8, 4) is 0 Å². The van der Waals surface area contributed by atoms with Crippen molar-refractivity contribution >= 4 is 5.97 Å². The van der Waals surface area contributed by atoms with E-state index in [4.69, 9.17) is 5.11 Å². The van der Waals surface area contributed by atoms with E-state index in [9.17, 15) is 4.79 Å². The van der Waals surface area contributed by atoms with Gasteiger partial charge >= 0.3 is 5.97 Å². The zero-order valence-electron chi connectivity index (χ0n) is 9.88. The topological polar surface area (TPSA) is 53.4 Å². The molecule has 0 saturated carbocycles. The van der Waals surface area contributed by atoms with Crippen molar-refractivity contribution in [2.45, 2.75) is 31.7 Å². The van der Waals surface area contributed by atoms with Crippen LogP contribution >= 0.6 is 0 Å². The lowest BCUT2D eigenvalue weighted by Crippen LogP contribution is -2.35. The molecule has 1 aliphatic rings. The molecule has 2 heterocycles. The molecule has 2 rings (SSSR count). The van der Waals surface area contributed by atoms with E-state index in [2.05, 4.69) is 9.88 Å². The molecule has 0 aromatic carbocycles. The molecule has 4 heteroatoms. The number of aliphatic carboxylic acids is 1. The van der Waals surface area contributed by atoms with Crippen LogP contribution in [-0.4, -0.2) is 34.0 Å². The van der Waals surface area contributed by atoms with Gasteiger partial charge in [0, 0.05) is 18.4 Å². The summed E-state index contributed by atoms with van der Waals surface area (Å²) in [6.07, 6.45) is 7.24. The maximum absolute atomic E-state index is 11.0. The van der Waals surface area contributed by atoms with Crippen LogP contribution in [0.15, 0.2) is 24.5 Å². The summed E-state index contributed by atoms with van der Waals surface area (Å²) in [7, 11) is 0. The molecule has 4 nitrogen and oxygen atoms in total. The van der Waals surface area contributed by atoms with Crippen LogP contribution in [0.2, 0.25) is 0 Å². The highest BCUT2D eigenvalue weighted by Gasteiger charge is 2.24. The van der Waals surface area contributed by atoms with Crippen molar-refractivity contribution in [3.05, 3.63) is 30.1 Å². The Kier molecular flexibility index (Phi) is 4.09. The second-order valence-corrected chi connectivity index (χ2v) is 4.50. The Bertz CT molecular complexity index is 361. The molecular weight excluding hydrogens is 216 g/mol. The van der Waals surface area contributed by atoms with E-state index >= 15 is 0 Å². The van der Waals surface area contributed by atoms with Crippen molar-refractivity contribution in [2.24, 2.45) is 0 Å². The van der Waals surface area contributed by atoms with E-state index < -0.39 is 5.97 Å². The summed E-state index contributed by atoms with van der Waals surface area (Å²) in [5.41, 5.74) is 1.01. The standard InChI is InChI=1S/C13H18N2O2/c16-13(17)9-12(11-5-4-6-14-10-11)15-7-2-1-3-8-15/h4-6,10,12H,1-3,7-9H2,(H,16,17)/t12-/m0/s1. The molecule has 0 unspecified atom stereocenters. The highest BCUT2D eigenvalue weighted by molar-refractivity contribution is 5.67. The highest BCUT2D eigenvalue weighted by Crippen LogP contribution is 2.26. The molecule has 1 saturated heterocycles. The summed E-state index contributed by atoms with van der Waals surface area (Å²) < 4.78 is 0. The minimum Gasteiger partial charge on any atom is -0.481 e. The van der Waals surface area contributed by atoms with E-state index in [1.54, 1.807) is 12.4 Å². The lowest BCUT2D eigenvalue weighted by atomic mass is 10.0. The highest BCUT2D eigenvalue weighted by atomic mass is 16.4. The first-order valence-corrected chi connectivity index (χ1v) is 6.13. The number of hydrogen-bond donors (Lipinski definition) is 1. The lowest BCUT2D eigenvalue weighted by molar-refractivity contribution is -0.138. The third-order valence-electron chi connectivity index (χ3n) is 3.27. The summed E-state index contributed by atoms with van der Waals surface area (Å²) in [5.74, 6) is -0.746. The van der Waals surface area contributed by atoms with E-state index in [-0.39, 0.29) is 12.5 Å². The van der Waals surface area contributed by atoms with Crippen LogP contribution in [-0.2, 0) is 4.79 Å². The number of carboxylic acid groups (broad SMARTS) is 1. The number of hydrogen-bond acceptors (Lipinski definition) is 3. The Labute approximate surface area is 101 Å². The maximum atomic E-state index is 11.0. The molecule has 1 N–H and O–H groups in total. The lowest BCUT2D eigenvalue weighted by Gasteiger charge is -2.33. The smallest absolute Gasteiger partial charge is 0.305 e. The minimum atomic E-state index is -0.746. The van der Waals surface area contributed by atoms with Crippen molar-refractivity contribution in [2.75, 3.05) is 13.1 Å². The fraction of sp³-hybridized carbons (Fsp3) is 0.538. The van der Waals surface area contributed by atoms with Gasteiger partial charge in [-0.1, -0.05) is 12.5 Å². The van der Waals surface area contributed by atoms with Crippen molar-refractivity contribution < 1.29 is 9.90 Å². The SMILES string of the molecule is O=C(O)C[C@@H](c1cccnc1)N1CCCCC1. The van der Waals surface area contributed by atoms with E-state index in [1.807, 2.05) is 12.1 Å². The van der Waals surface area contributed by atoms with Crippen LogP contribution in [0.5, 0.6) is 0 Å². The molecule has 1 aromatic heterocycles. The quantitative estimate of drug-likeness (QED) is 0.866. The Balaban J connectivity index is 2.15. The van der Waals surface area contributed by atoms with Gasteiger partial charge in [0.2, 0.25) is 0 Å². The van der Waals surface area contributed by atoms with Gasteiger partial charge < -0.3 is 5.11 Å². The van der Waals surface area contributed by atoms with Gasteiger partial charge in [-0.2, -0.15) is 0 Å². The summed E-state index contributed by atoms with van der Waals surface area (Å²) in [6.45, 7) is 1.99. The van der Waals surface area contributed by atoms with Gasteiger partial charge in [-0.15, -0.1) is 0 Å². The van der Waals surface area contributed by atoms with Gasteiger partial charge in [0.25, 0.3) is 0 Å². The molecule has 1 aliphatic heterocycles.